The summed E-state index contributed by atoms with van der Waals surface area (Å²) < 4.78 is 26.1. The highest BCUT2D eigenvalue weighted by Crippen LogP contribution is 2.19. The van der Waals surface area contributed by atoms with Crippen LogP contribution in [0, 0.1) is 0 Å². The number of halogens is 2. The van der Waals surface area contributed by atoms with Crippen molar-refractivity contribution in [1.82, 2.24) is 4.98 Å². The molecule has 1 aromatic heterocycles. The first-order valence-electron chi connectivity index (χ1n) is 5.03. The minimum absolute atomic E-state index is 0.370. The van der Waals surface area contributed by atoms with Crippen molar-refractivity contribution in [1.29, 1.82) is 0 Å². The second-order valence-corrected chi connectivity index (χ2v) is 3.73. The zero-order valence-electron chi connectivity index (χ0n) is 8.66. The summed E-state index contributed by atoms with van der Waals surface area (Å²) >= 11 is 0. The molecule has 0 fully saturated rings. The number of nitrogens with two attached hydrogens (primary N) is 1. The molecule has 0 unspecified atom stereocenters. The van der Waals surface area contributed by atoms with E-state index in [1.807, 2.05) is 18.2 Å². The highest BCUT2D eigenvalue weighted by Gasteiger charge is 2.27. The number of alkyl halides is 2. The highest BCUT2D eigenvalue weighted by molar-refractivity contribution is 5.78. The molecule has 1 aromatic carbocycles. The first-order valence-corrected chi connectivity index (χ1v) is 5.03. The summed E-state index contributed by atoms with van der Waals surface area (Å²) in [5.74, 6) is -2.88. The molecule has 4 heteroatoms. The lowest BCUT2D eigenvalue weighted by atomic mass is 10.1. The van der Waals surface area contributed by atoms with E-state index >= 15 is 0 Å². The Morgan fingerprint density at radius 1 is 1.12 bits per heavy atom. The fourth-order valence-corrected chi connectivity index (χ4v) is 1.54. The van der Waals surface area contributed by atoms with E-state index in [-0.39, 0.29) is 0 Å². The van der Waals surface area contributed by atoms with E-state index in [1.165, 1.54) is 0 Å². The number of fused-ring (bicyclic) bond motifs is 1. The maximum absolute atomic E-state index is 13.1. The van der Waals surface area contributed by atoms with Crippen LogP contribution in [0.3, 0.4) is 0 Å². The van der Waals surface area contributed by atoms with Gasteiger partial charge in [-0.3, -0.25) is 4.98 Å². The third-order valence-electron chi connectivity index (χ3n) is 2.39. The van der Waals surface area contributed by atoms with Gasteiger partial charge in [-0.05, 0) is 12.1 Å². The standard InChI is InChI=1S/C12H12F2N2/c13-12(14,8-15)7-10-6-5-9-3-1-2-4-11(9)16-10/h1-6H,7-8,15H2. The van der Waals surface area contributed by atoms with Crippen LogP contribution in [0.15, 0.2) is 36.4 Å². The quantitative estimate of drug-likeness (QED) is 0.865. The normalized spacial score (nSPS) is 11.9. The van der Waals surface area contributed by atoms with E-state index in [9.17, 15) is 8.78 Å². The molecule has 0 saturated carbocycles. The lowest BCUT2D eigenvalue weighted by Crippen LogP contribution is -2.30. The summed E-state index contributed by atoms with van der Waals surface area (Å²) in [5, 5.41) is 0.947. The number of hydrogen-bond donors (Lipinski definition) is 1. The number of para-hydroxylation sites is 1. The second kappa shape index (κ2) is 4.14. The maximum Gasteiger partial charge on any atom is 0.265 e. The molecular formula is C12H12F2N2. The molecule has 1 heterocycles. The molecule has 0 aliphatic rings. The zero-order chi connectivity index (χ0) is 11.6. The van der Waals surface area contributed by atoms with Gasteiger partial charge >= 0.3 is 0 Å². The van der Waals surface area contributed by atoms with Crippen LogP contribution in [0.1, 0.15) is 5.69 Å². The highest BCUT2D eigenvalue weighted by atomic mass is 19.3. The number of nitrogens with zero attached hydrogens (tertiary/aromatic N) is 1. The lowest BCUT2D eigenvalue weighted by Gasteiger charge is -2.13. The maximum atomic E-state index is 13.1. The molecule has 2 aromatic rings. The number of pyridine rings is 1. The molecule has 2 N–H and O–H groups in total. The third-order valence-corrected chi connectivity index (χ3v) is 2.39. The van der Waals surface area contributed by atoms with Crippen molar-refractivity contribution in [3.8, 4) is 0 Å². The van der Waals surface area contributed by atoms with Gasteiger partial charge in [-0.15, -0.1) is 0 Å². The van der Waals surface area contributed by atoms with Crippen LogP contribution in [0.25, 0.3) is 10.9 Å². The van der Waals surface area contributed by atoms with Crippen molar-refractivity contribution >= 4 is 10.9 Å². The van der Waals surface area contributed by atoms with E-state index in [0.29, 0.717) is 5.69 Å². The summed E-state index contributed by atoms with van der Waals surface area (Å²) in [6.07, 6.45) is -0.408. The van der Waals surface area contributed by atoms with Gasteiger partial charge in [-0.2, -0.15) is 0 Å². The smallest absolute Gasteiger partial charge is 0.265 e. The summed E-state index contributed by atoms with van der Waals surface area (Å²) in [6.45, 7) is -0.651. The summed E-state index contributed by atoms with van der Waals surface area (Å²) in [7, 11) is 0. The molecule has 0 aliphatic carbocycles. The Hall–Kier alpha value is -1.55. The van der Waals surface area contributed by atoms with E-state index in [2.05, 4.69) is 4.98 Å². The van der Waals surface area contributed by atoms with Crippen LogP contribution in [0.4, 0.5) is 8.78 Å². The fourth-order valence-electron chi connectivity index (χ4n) is 1.54. The van der Waals surface area contributed by atoms with E-state index in [4.69, 9.17) is 5.73 Å². The summed E-state index contributed by atoms with van der Waals surface area (Å²) in [6, 6.07) is 10.8. The Labute approximate surface area is 92.1 Å². The van der Waals surface area contributed by atoms with E-state index in [1.54, 1.807) is 18.2 Å². The number of hydrogen-bond acceptors (Lipinski definition) is 2. The molecule has 0 aliphatic heterocycles. The lowest BCUT2D eigenvalue weighted by molar-refractivity contribution is 0.0106. The molecule has 2 rings (SSSR count). The summed E-state index contributed by atoms with van der Waals surface area (Å²) in [4.78, 5) is 4.17. The Kier molecular flexibility index (Phi) is 2.83. The zero-order valence-corrected chi connectivity index (χ0v) is 8.66. The fraction of sp³-hybridized carbons (Fsp3) is 0.250. The Bertz CT molecular complexity index is 497. The Morgan fingerprint density at radius 2 is 1.88 bits per heavy atom. The van der Waals surface area contributed by atoms with Crippen molar-refractivity contribution in [2.24, 2.45) is 5.73 Å². The second-order valence-electron chi connectivity index (χ2n) is 3.73. The number of benzene rings is 1. The van der Waals surface area contributed by atoms with E-state index < -0.39 is 18.9 Å². The van der Waals surface area contributed by atoms with Crippen LogP contribution < -0.4 is 5.73 Å². The van der Waals surface area contributed by atoms with Gasteiger partial charge in [0.2, 0.25) is 0 Å². The van der Waals surface area contributed by atoms with Crippen LogP contribution in [0.2, 0.25) is 0 Å². The van der Waals surface area contributed by atoms with Gasteiger partial charge < -0.3 is 5.73 Å². The van der Waals surface area contributed by atoms with Gasteiger partial charge in [-0.1, -0.05) is 24.3 Å². The van der Waals surface area contributed by atoms with Gasteiger partial charge in [-0.25, -0.2) is 8.78 Å². The van der Waals surface area contributed by atoms with Gasteiger partial charge in [0.15, 0.2) is 0 Å². The van der Waals surface area contributed by atoms with Crippen LogP contribution in [0.5, 0.6) is 0 Å². The molecule has 0 radical (unpaired) electrons. The Morgan fingerprint density at radius 3 is 2.62 bits per heavy atom. The molecule has 0 amide bonds. The minimum atomic E-state index is -2.88. The van der Waals surface area contributed by atoms with E-state index in [0.717, 1.165) is 10.9 Å². The first-order chi connectivity index (χ1) is 7.61. The average molecular weight is 222 g/mol. The van der Waals surface area contributed by atoms with Gasteiger partial charge in [0.1, 0.15) is 0 Å². The SMILES string of the molecule is NCC(F)(F)Cc1ccc2ccccc2n1. The van der Waals surface area contributed by atoms with Crippen LogP contribution >= 0.6 is 0 Å². The van der Waals surface area contributed by atoms with Crippen molar-refractivity contribution in [3.63, 3.8) is 0 Å². The predicted octanol–water partition coefficient (Wildman–Crippen LogP) is 2.37. The molecule has 2 nitrogen and oxygen atoms in total. The number of rotatable bonds is 3. The predicted molar refractivity (Wildman–Crippen MR) is 59.4 cm³/mol. The van der Waals surface area contributed by atoms with Crippen LogP contribution in [-0.4, -0.2) is 17.5 Å². The molecule has 0 atom stereocenters. The average Bonchev–Trinajstić information content (AvgIpc) is 2.28. The van der Waals surface area contributed by atoms with Gasteiger partial charge in [0.05, 0.1) is 18.5 Å². The molecule has 0 bridgehead atoms. The van der Waals surface area contributed by atoms with Crippen LogP contribution in [-0.2, 0) is 6.42 Å². The van der Waals surface area contributed by atoms with Crippen molar-refractivity contribution in [3.05, 3.63) is 42.1 Å². The minimum Gasteiger partial charge on any atom is -0.325 e. The first kappa shape index (κ1) is 11.0. The van der Waals surface area contributed by atoms with Gasteiger partial charge in [0, 0.05) is 11.1 Å². The van der Waals surface area contributed by atoms with Crippen molar-refractivity contribution in [2.45, 2.75) is 12.3 Å². The Balaban J connectivity index is 2.33. The molecule has 16 heavy (non-hydrogen) atoms. The number of aromatic nitrogens is 1. The monoisotopic (exact) mass is 222 g/mol. The summed E-state index contributed by atoms with van der Waals surface area (Å²) in [5.41, 5.74) is 6.09. The molecule has 84 valence electrons. The topological polar surface area (TPSA) is 38.9 Å². The van der Waals surface area contributed by atoms with Crippen molar-refractivity contribution in [2.75, 3.05) is 6.54 Å². The molecular weight excluding hydrogens is 210 g/mol. The molecule has 0 saturated heterocycles. The van der Waals surface area contributed by atoms with Crippen molar-refractivity contribution < 1.29 is 8.78 Å². The third kappa shape index (κ3) is 2.33. The molecule has 0 spiro atoms. The van der Waals surface area contributed by atoms with Gasteiger partial charge in [0.25, 0.3) is 5.92 Å². The largest absolute Gasteiger partial charge is 0.325 e.